The van der Waals surface area contributed by atoms with E-state index in [9.17, 15) is 4.79 Å². The largest absolute Gasteiger partial charge is 0.493 e. The number of hydrogen-bond donors (Lipinski definition) is 0. The molecule has 188 valence electrons. The summed E-state index contributed by atoms with van der Waals surface area (Å²) in [5.41, 5.74) is 3.13. The van der Waals surface area contributed by atoms with Gasteiger partial charge < -0.3 is 19.3 Å². The molecule has 1 aromatic carbocycles. The van der Waals surface area contributed by atoms with Crippen LogP contribution in [-0.2, 0) is 24.1 Å². The number of benzene rings is 1. The first-order valence-corrected chi connectivity index (χ1v) is 13.4. The van der Waals surface area contributed by atoms with Gasteiger partial charge in [0.1, 0.15) is 0 Å². The molecule has 0 N–H and O–H groups in total. The van der Waals surface area contributed by atoms with Gasteiger partial charge in [0.2, 0.25) is 11.9 Å². The summed E-state index contributed by atoms with van der Waals surface area (Å²) in [4.78, 5) is 29.7. The lowest BCUT2D eigenvalue weighted by Gasteiger charge is -2.43. The average Bonchev–Trinajstić information content (AvgIpc) is 3.06. The van der Waals surface area contributed by atoms with Crippen molar-refractivity contribution < 1.29 is 14.3 Å². The summed E-state index contributed by atoms with van der Waals surface area (Å²) < 4.78 is 11.6. The number of ether oxygens (including phenoxy) is 2. The summed E-state index contributed by atoms with van der Waals surface area (Å²) in [5, 5.41) is 0. The van der Waals surface area contributed by atoms with Gasteiger partial charge in [-0.05, 0) is 42.5 Å². The number of methoxy groups -OCH3 is 2. The van der Waals surface area contributed by atoms with Crippen LogP contribution in [0.3, 0.4) is 0 Å². The van der Waals surface area contributed by atoms with Crippen molar-refractivity contribution in [3.8, 4) is 11.5 Å². The highest BCUT2D eigenvalue weighted by molar-refractivity contribution is 9.10. The van der Waals surface area contributed by atoms with Crippen LogP contribution < -0.4 is 14.4 Å². The van der Waals surface area contributed by atoms with Crippen LogP contribution in [0.1, 0.15) is 36.1 Å². The highest BCUT2D eigenvalue weighted by atomic mass is 79.9. The minimum absolute atomic E-state index is 0.103. The van der Waals surface area contributed by atoms with Crippen molar-refractivity contribution in [3.05, 3.63) is 39.6 Å². The maximum absolute atomic E-state index is 13.2. The summed E-state index contributed by atoms with van der Waals surface area (Å²) in [5.74, 6) is 2.20. The van der Waals surface area contributed by atoms with E-state index in [0.717, 1.165) is 72.3 Å². The minimum Gasteiger partial charge on any atom is -0.493 e. The van der Waals surface area contributed by atoms with Gasteiger partial charge in [0, 0.05) is 62.4 Å². The second-order valence-electron chi connectivity index (χ2n) is 9.61. The molecule has 1 saturated heterocycles. The van der Waals surface area contributed by atoms with E-state index in [4.69, 9.17) is 19.4 Å². The number of carbonyl (C=O) groups excluding carboxylic acids is 1. The molecule has 1 saturated carbocycles. The third-order valence-corrected chi connectivity index (χ3v) is 8.38. The zero-order valence-electron chi connectivity index (χ0n) is 20.6. The number of hydrogen-bond acceptors (Lipinski definition) is 7. The first-order valence-electron chi connectivity index (χ1n) is 12.6. The van der Waals surface area contributed by atoms with Crippen molar-refractivity contribution >= 4 is 27.8 Å². The van der Waals surface area contributed by atoms with Crippen LogP contribution in [0, 0.1) is 0 Å². The van der Waals surface area contributed by atoms with Crippen molar-refractivity contribution in [2.75, 3.05) is 58.4 Å². The van der Waals surface area contributed by atoms with Gasteiger partial charge in [-0.25, -0.2) is 9.97 Å². The molecule has 8 nitrogen and oxygen atoms in total. The van der Waals surface area contributed by atoms with E-state index >= 15 is 0 Å². The van der Waals surface area contributed by atoms with E-state index < -0.39 is 0 Å². The molecule has 35 heavy (non-hydrogen) atoms. The van der Waals surface area contributed by atoms with E-state index in [1.54, 1.807) is 14.2 Å². The highest BCUT2D eigenvalue weighted by Crippen LogP contribution is 2.34. The second-order valence-corrected chi connectivity index (χ2v) is 10.5. The highest BCUT2D eigenvalue weighted by Gasteiger charge is 2.29. The summed E-state index contributed by atoms with van der Waals surface area (Å²) in [6.07, 6.45) is 7.91. The van der Waals surface area contributed by atoms with Crippen LogP contribution in [0.15, 0.2) is 22.8 Å². The predicted molar refractivity (Wildman–Crippen MR) is 138 cm³/mol. The molecule has 0 radical (unpaired) electrons. The fraction of sp³-hybridized carbons (Fsp3) is 0.577. The van der Waals surface area contributed by atoms with Gasteiger partial charge in [-0.2, -0.15) is 0 Å². The van der Waals surface area contributed by atoms with Gasteiger partial charge >= 0.3 is 0 Å². The van der Waals surface area contributed by atoms with Gasteiger partial charge in [-0.1, -0.05) is 22.4 Å². The standard InChI is InChI=1S/C26H34BrN5O3/c1-34-23-14-19(21(27)16-24(23)35-2)15-25(33)31-8-6-18-17-28-26(29-22(18)7-9-31)32-12-10-30(11-13-32)20-4-3-5-20/h14,16-17,20H,3-13,15H2,1-2H3. The van der Waals surface area contributed by atoms with Gasteiger partial charge in [-0.3, -0.25) is 9.69 Å². The molecule has 3 heterocycles. The van der Waals surface area contributed by atoms with Crippen LogP contribution in [0.4, 0.5) is 5.95 Å². The molecule has 5 rings (SSSR count). The Kier molecular flexibility index (Phi) is 7.43. The monoisotopic (exact) mass is 543 g/mol. The van der Waals surface area contributed by atoms with E-state index in [0.29, 0.717) is 31.0 Å². The molecule has 1 aromatic heterocycles. The molecule has 1 amide bonds. The number of piperazine rings is 1. The molecule has 0 spiro atoms. The van der Waals surface area contributed by atoms with Crippen LogP contribution in [0.2, 0.25) is 0 Å². The van der Waals surface area contributed by atoms with E-state index in [1.165, 1.54) is 19.3 Å². The summed E-state index contributed by atoms with van der Waals surface area (Å²) in [6.45, 7) is 5.51. The lowest BCUT2D eigenvalue weighted by Crippen LogP contribution is -2.52. The Hall–Kier alpha value is -2.39. The minimum atomic E-state index is 0.103. The molecule has 9 heteroatoms. The Bertz CT molecular complexity index is 1070. The quantitative estimate of drug-likeness (QED) is 0.554. The van der Waals surface area contributed by atoms with Crippen LogP contribution in [0.25, 0.3) is 0 Å². The number of nitrogens with zero attached hydrogens (tertiary/aromatic N) is 5. The van der Waals surface area contributed by atoms with Crippen molar-refractivity contribution in [2.45, 2.75) is 44.6 Å². The zero-order valence-corrected chi connectivity index (χ0v) is 22.2. The molecule has 0 atom stereocenters. The molecule has 2 fully saturated rings. The van der Waals surface area contributed by atoms with Gasteiger partial charge in [0.15, 0.2) is 11.5 Å². The Morgan fingerprint density at radius 1 is 1.03 bits per heavy atom. The lowest BCUT2D eigenvalue weighted by atomic mass is 9.91. The molecule has 2 aliphatic heterocycles. The Morgan fingerprint density at radius 3 is 2.43 bits per heavy atom. The average molecular weight is 544 g/mol. The van der Waals surface area contributed by atoms with E-state index in [2.05, 4.69) is 25.7 Å². The van der Waals surface area contributed by atoms with Crippen LogP contribution in [0.5, 0.6) is 11.5 Å². The SMILES string of the molecule is COc1cc(Br)c(CC(=O)N2CCc3cnc(N4CCN(C5CCC5)CC4)nc3CC2)cc1OC. The first-order chi connectivity index (χ1) is 17.1. The number of anilines is 1. The third-order valence-electron chi connectivity index (χ3n) is 7.65. The third kappa shape index (κ3) is 5.26. The molecule has 0 unspecified atom stereocenters. The van der Waals surface area contributed by atoms with Crippen molar-refractivity contribution in [3.63, 3.8) is 0 Å². The van der Waals surface area contributed by atoms with Gasteiger partial charge in [-0.15, -0.1) is 0 Å². The number of rotatable bonds is 6. The molecular weight excluding hydrogens is 510 g/mol. The normalized spacial score (nSPS) is 19.1. The van der Waals surface area contributed by atoms with Crippen LogP contribution >= 0.6 is 15.9 Å². The first kappa shape index (κ1) is 24.3. The number of amides is 1. The topological polar surface area (TPSA) is 71.0 Å². The maximum Gasteiger partial charge on any atom is 0.227 e. The van der Waals surface area contributed by atoms with Gasteiger partial charge in [0.05, 0.1) is 26.3 Å². The van der Waals surface area contributed by atoms with Crippen molar-refractivity contribution in [2.24, 2.45) is 0 Å². The molecule has 3 aliphatic rings. The number of halogens is 1. The zero-order chi connectivity index (χ0) is 24.4. The Labute approximate surface area is 215 Å². The second kappa shape index (κ2) is 10.7. The Morgan fingerprint density at radius 2 is 1.74 bits per heavy atom. The van der Waals surface area contributed by atoms with E-state index in [1.807, 2.05) is 23.2 Å². The van der Waals surface area contributed by atoms with Crippen molar-refractivity contribution in [1.29, 1.82) is 0 Å². The smallest absolute Gasteiger partial charge is 0.227 e. The van der Waals surface area contributed by atoms with Crippen LogP contribution in [-0.4, -0.2) is 85.2 Å². The summed E-state index contributed by atoms with van der Waals surface area (Å²) >= 11 is 3.57. The van der Waals surface area contributed by atoms with Gasteiger partial charge in [0.25, 0.3) is 0 Å². The summed E-state index contributed by atoms with van der Waals surface area (Å²) in [6, 6.07) is 4.52. The fourth-order valence-corrected chi connectivity index (χ4v) is 5.67. The summed E-state index contributed by atoms with van der Waals surface area (Å²) in [7, 11) is 3.21. The predicted octanol–water partition coefficient (Wildman–Crippen LogP) is 3.10. The van der Waals surface area contributed by atoms with E-state index in [-0.39, 0.29) is 5.91 Å². The fourth-order valence-electron chi connectivity index (χ4n) is 5.21. The number of carbonyl (C=O) groups is 1. The molecule has 0 bridgehead atoms. The lowest BCUT2D eigenvalue weighted by molar-refractivity contribution is -0.130. The van der Waals surface area contributed by atoms with Crippen molar-refractivity contribution in [1.82, 2.24) is 19.8 Å². The number of aromatic nitrogens is 2. The molecular formula is C26H34BrN5O3. The number of fused-ring (bicyclic) bond motifs is 1. The molecule has 1 aliphatic carbocycles. The molecule has 2 aromatic rings. The maximum atomic E-state index is 13.2. The Balaban J connectivity index is 1.21.